The maximum atomic E-state index is 12.4. The molecule has 0 aromatic rings. The number of alkyl halides is 2. The molecule has 1 heterocycles. The molecule has 2 fully saturated rings. The van der Waals surface area contributed by atoms with Gasteiger partial charge in [-0.25, -0.2) is 8.78 Å². The molecule has 4 nitrogen and oxygen atoms in total. The summed E-state index contributed by atoms with van der Waals surface area (Å²) < 4.78 is 24.8. The van der Waals surface area contributed by atoms with Crippen LogP contribution in [0.4, 0.5) is 8.78 Å². The highest BCUT2D eigenvalue weighted by Crippen LogP contribution is 2.30. The van der Waals surface area contributed by atoms with E-state index in [4.69, 9.17) is 0 Å². The maximum absolute atomic E-state index is 12.4. The van der Waals surface area contributed by atoms with Crippen molar-refractivity contribution in [2.45, 2.75) is 64.3 Å². The van der Waals surface area contributed by atoms with Gasteiger partial charge in [-0.2, -0.15) is 0 Å². The minimum atomic E-state index is -2.23. The minimum Gasteiger partial charge on any atom is -0.356 e. The number of nitrogens with zero attached hydrogens (tertiary/aromatic N) is 2. The van der Waals surface area contributed by atoms with E-state index in [0.717, 1.165) is 50.3 Å². The standard InChI is InChI=1S/C18H34F2N4.HI/c1-14-4-3-5-15(12-14)6-9-22-18(21-2)23-16-7-10-24(11-8-16)13-17(19)20;/h14-17H,3-13H2,1-2H3,(H2,21,22,23);1H. The molecule has 148 valence electrons. The average Bonchev–Trinajstić information content (AvgIpc) is 2.55. The first kappa shape index (κ1) is 22.9. The fourth-order valence-corrected chi connectivity index (χ4v) is 4.06. The van der Waals surface area contributed by atoms with Crippen LogP contribution in [0.5, 0.6) is 0 Å². The van der Waals surface area contributed by atoms with Crippen molar-refractivity contribution < 1.29 is 8.78 Å². The number of hydrogen-bond donors (Lipinski definition) is 2. The van der Waals surface area contributed by atoms with Gasteiger partial charge in [0.15, 0.2) is 5.96 Å². The van der Waals surface area contributed by atoms with Gasteiger partial charge in [0.25, 0.3) is 6.43 Å². The van der Waals surface area contributed by atoms with E-state index in [1.165, 1.54) is 32.1 Å². The maximum Gasteiger partial charge on any atom is 0.251 e. The fourth-order valence-electron chi connectivity index (χ4n) is 4.06. The van der Waals surface area contributed by atoms with Crippen LogP contribution >= 0.6 is 24.0 Å². The molecule has 2 atom stereocenters. The summed E-state index contributed by atoms with van der Waals surface area (Å²) >= 11 is 0. The number of aliphatic imine (C=N–C) groups is 1. The van der Waals surface area contributed by atoms with Crippen LogP contribution in [0.2, 0.25) is 0 Å². The SMILES string of the molecule is CN=C(NCCC1CCCC(C)C1)NC1CCN(CC(F)F)CC1.I. The summed E-state index contributed by atoms with van der Waals surface area (Å²) in [6.45, 7) is 4.69. The third-order valence-corrected chi connectivity index (χ3v) is 5.44. The average molecular weight is 472 g/mol. The predicted molar refractivity (Wildman–Crippen MR) is 111 cm³/mol. The Balaban J connectivity index is 0.00000312. The molecule has 1 saturated carbocycles. The van der Waals surface area contributed by atoms with E-state index in [9.17, 15) is 8.78 Å². The number of nitrogens with one attached hydrogen (secondary N) is 2. The summed E-state index contributed by atoms with van der Waals surface area (Å²) in [4.78, 5) is 6.16. The number of halogens is 3. The molecule has 1 aliphatic carbocycles. The lowest BCUT2D eigenvalue weighted by Crippen LogP contribution is -2.49. The lowest BCUT2D eigenvalue weighted by atomic mass is 9.81. The van der Waals surface area contributed by atoms with E-state index in [-0.39, 0.29) is 30.5 Å². The third-order valence-electron chi connectivity index (χ3n) is 5.44. The zero-order valence-electron chi connectivity index (χ0n) is 15.6. The highest BCUT2D eigenvalue weighted by Gasteiger charge is 2.22. The highest BCUT2D eigenvalue weighted by molar-refractivity contribution is 14.0. The normalized spacial score (nSPS) is 26.4. The molecule has 0 aromatic carbocycles. The number of likely N-dealkylation sites (tertiary alicyclic amines) is 1. The van der Waals surface area contributed by atoms with Crippen LogP contribution in [0.25, 0.3) is 0 Å². The second kappa shape index (κ2) is 12.3. The van der Waals surface area contributed by atoms with E-state index in [2.05, 4.69) is 22.5 Å². The predicted octanol–water partition coefficient (Wildman–Crippen LogP) is 3.72. The molecule has 25 heavy (non-hydrogen) atoms. The summed E-state index contributed by atoms with van der Waals surface area (Å²) in [7, 11) is 1.80. The molecular formula is C18H35F2IN4. The van der Waals surface area contributed by atoms with Gasteiger partial charge in [0.05, 0.1) is 6.54 Å². The van der Waals surface area contributed by atoms with E-state index >= 15 is 0 Å². The van der Waals surface area contributed by atoms with Crippen molar-refractivity contribution in [3.63, 3.8) is 0 Å². The lowest BCUT2D eigenvalue weighted by molar-refractivity contribution is 0.0744. The largest absolute Gasteiger partial charge is 0.356 e. The molecule has 0 spiro atoms. The molecule has 0 radical (unpaired) electrons. The number of piperidine rings is 1. The van der Waals surface area contributed by atoms with Gasteiger partial charge < -0.3 is 10.6 Å². The van der Waals surface area contributed by atoms with E-state index in [1.54, 1.807) is 7.05 Å². The minimum absolute atomic E-state index is 0. The summed E-state index contributed by atoms with van der Waals surface area (Å²) in [5.41, 5.74) is 0. The van der Waals surface area contributed by atoms with E-state index in [1.807, 2.05) is 4.90 Å². The van der Waals surface area contributed by atoms with Gasteiger partial charge in [0.2, 0.25) is 0 Å². The Hall–Kier alpha value is -0.180. The topological polar surface area (TPSA) is 39.7 Å². The molecule has 2 rings (SSSR count). The second-order valence-electron chi connectivity index (χ2n) is 7.54. The molecule has 1 saturated heterocycles. The van der Waals surface area contributed by atoms with Crippen LogP contribution in [0, 0.1) is 11.8 Å². The van der Waals surface area contributed by atoms with Crippen LogP contribution in [-0.4, -0.2) is 56.6 Å². The Labute approximate surface area is 168 Å². The third kappa shape index (κ3) is 8.84. The summed E-state index contributed by atoms with van der Waals surface area (Å²) in [6.07, 6.45) is 6.25. The molecule has 0 amide bonds. The van der Waals surface area contributed by atoms with Gasteiger partial charge in [-0.3, -0.25) is 9.89 Å². The van der Waals surface area contributed by atoms with Crippen molar-refractivity contribution in [2.75, 3.05) is 33.2 Å². The molecule has 0 bridgehead atoms. The lowest BCUT2D eigenvalue weighted by Gasteiger charge is -2.33. The molecule has 0 aromatic heterocycles. The van der Waals surface area contributed by atoms with Crippen molar-refractivity contribution in [3.05, 3.63) is 0 Å². The van der Waals surface area contributed by atoms with Crippen LogP contribution in [-0.2, 0) is 0 Å². The molecular weight excluding hydrogens is 437 g/mol. The summed E-state index contributed by atoms with van der Waals surface area (Å²) in [5.74, 6) is 2.57. The van der Waals surface area contributed by atoms with E-state index in [0.29, 0.717) is 6.04 Å². The van der Waals surface area contributed by atoms with Crippen molar-refractivity contribution in [2.24, 2.45) is 16.8 Å². The van der Waals surface area contributed by atoms with Crippen LogP contribution in [0.1, 0.15) is 51.9 Å². The van der Waals surface area contributed by atoms with Gasteiger partial charge >= 0.3 is 0 Å². The first-order chi connectivity index (χ1) is 11.6. The Morgan fingerprint density at radius 2 is 1.92 bits per heavy atom. The van der Waals surface area contributed by atoms with Gasteiger partial charge in [0, 0.05) is 32.7 Å². The van der Waals surface area contributed by atoms with Crippen LogP contribution in [0.3, 0.4) is 0 Å². The monoisotopic (exact) mass is 472 g/mol. The Morgan fingerprint density at radius 3 is 2.52 bits per heavy atom. The zero-order valence-corrected chi connectivity index (χ0v) is 18.0. The fraction of sp³-hybridized carbons (Fsp3) is 0.944. The van der Waals surface area contributed by atoms with Gasteiger partial charge in [0.1, 0.15) is 0 Å². The van der Waals surface area contributed by atoms with Crippen molar-refractivity contribution in [3.8, 4) is 0 Å². The van der Waals surface area contributed by atoms with E-state index < -0.39 is 6.43 Å². The van der Waals surface area contributed by atoms with Crippen LogP contribution in [0.15, 0.2) is 4.99 Å². The number of hydrogen-bond acceptors (Lipinski definition) is 2. The smallest absolute Gasteiger partial charge is 0.251 e. The quantitative estimate of drug-likeness (QED) is 0.352. The Kier molecular flexibility index (Phi) is 11.2. The second-order valence-corrected chi connectivity index (χ2v) is 7.54. The first-order valence-corrected chi connectivity index (χ1v) is 9.54. The van der Waals surface area contributed by atoms with Crippen molar-refractivity contribution in [1.82, 2.24) is 15.5 Å². The first-order valence-electron chi connectivity index (χ1n) is 9.54. The Morgan fingerprint density at radius 1 is 1.20 bits per heavy atom. The summed E-state index contributed by atoms with van der Waals surface area (Å²) in [6, 6.07) is 0.333. The van der Waals surface area contributed by atoms with Gasteiger partial charge in [-0.1, -0.05) is 26.2 Å². The molecule has 2 aliphatic rings. The summed E-state index contributed by atoms with van der Waals surface area (Å²) in [5, 5.41) is 6.88. The van der Waals surface area contributed by atoms with Crippen molar-refractivity contribution in [1.29, 1.82) is 0 Å². The highest BCUT2D eigenvalue weighted by atomic mass is 127. The Bertz CT molecular complexity index is 387. The molecule has 2 N–H and O–H groups in total. The number of guanidine groups is 1. The molecule has 1 aliphatic heterocycles. The van der Waals surface area contributed by atoms with Gasteiger partial charge in [-0.05, 0) is 37.5 Å². The van der Waals surface area contributed by atoms with Crippen molar-refractivity contribution >= 4 is 29.9 Å². The molecule has 2 unspecified atom stereocenters. The molecule has 7 heteroatoms. The van der Waals surface area contributed by atoms with Crippen LogP contribution < -0.4 is 10.6 Å². The zero-order chi connectivity index (χ0) is 17.4. The number of rotatable bonds is 6. The van der Waals surface area contributed by atoms with Gasteiger partial charge in [-0.15, -0.1) is 24.0 Å².